The van der Waals surface area contributed by atoms with Gasteiger partial charge in [-0.25, -0.2) is 0 Å². The van der Waals surface area contributed by atoms with E-state index < -0.39 is 0 Å². The number of nitriles is 1. The minimum Gasteiger partial charge on any atom is -0.493 e. The Labute approximate surface area is 130 Å². The lowest BCUT2D eigenvalue weighted by atomic mass is 10.1. The summed E-state index contributed by atoms with van der Waals surface area (Å²) >= 11 is 0. The van der Waals surface area contributed by atoms with Crippen LogP contribution in [0.2, 0.25) is 0 Å². The second-order valence-electron chi connectivity index (χ2n) is 4.00. The average molecular weight is 303 g/mol. The number of ether oxygens (including phenoxy) is 2. The number of rotatable bonds is 4. The van der Waals surface area contributed by atoms with Gasteiger partial charge in [0.1, 0.15) is 6.07 Å². The Kier molecular flexibility index (Phi) is 6.25. The van der Waals surface area contributed by atoms with E-state index in [0.717, 1.165) is 5.56 Å². The lowest BCUT2D eigenvalue weighted by molar-refractivity contribution is 0.355. The van der Waals surface area contributed by atoms with Crippen molar-refractivity contribution in [1.29, 1.82) is 5.26 Å². The third-order valence-corrected chi connectivity index (χ3v) is 2.78. The highest BCUT2D eigenvalue weighted by Crippen LogP contribution is 2.29. The van der Waals surface area contributed by atoms with Crippen LogP contribution >= 0.6 is 12.4 Å². The highest BCUT2D eigenvalue weighted by atomic mass is 35.5. The van der Waals surface area contributed by atoms with Crippen LogP contribution in [0.5, 0.6) is 11.5 Å². The first-order valence-electron chi connectivity index (χ1n) is 6.03. The quantitative estimate of drug-likeness (QED) is 0.810. The van der Waals surface area contributed by atoms with Crippen molar-refractivity contribution < 1.29 is 9.47 Å². The topological polar surface area (TPSA) is 55.1 Å². The summed E-state index contributed by atoms with van der Waals surface area (Å²) in [6.45, 7) is 0. The van der Waals surface area contributed by atoms with Crippen LogP contribution in [0, 0.1) is 11.3 Å². The molecule has 21 heavy (non-hydrogen) atoms. The first kappa shape index (κ1) is 16.5. The molecule has 0 saturated carbocycles. The van der Waals surface area contributed by atoms with Crippen LogP contribution in [0.25, 0.3) is 11.6 Å². The number of allylic oxidation sites excluding steroid dienone is 1. The van der Waals surface area contributed by atoms with Gasteiger partial charge in [-0.15, -0.1) is 12.4 Å². The fourth-order valence-corrected chi connectivity index (χ4v) is 1.79. The molecule has 1 heterocycles. The molecule has 2 rings (SSSR count). The molecule has 0 amide bonds. The molecule has 0 aliphatic heterocycles. The molecule has 0 bridgehead atoms. The number of nitrogens with zero attached hydrogens (tertiary/aromatic N) is 2. The fourth-order valence-electron chi connectivity index (χ4n) is 1.79. The molecule has 0 N–H and O–H groups in total. The largest absolute Gasteiger partial charge is 0.493 e. The van der Waals surface area contributed by atoms with Crippen molar-refractivity contribution in [3.8, 4) is 17.6 Å². The molecular formula is C16H15ClN2O2. The summed E-state index contributed by atoms with van der Waals surface area (Å²) < 4.78 is 10.4. The number of hydrogen-bond acceptors (Lipinski definition) is 4. The van der Waals surface area contributed by atoms with Crippen molar-refractivity contribution in [2.45, 2.75) is 0 Å². The highest BCUT2D eigenvalue weighted by Gasteiger charge is 2.06. The zero-order valence-electron chi connectivity index (χ0n) is 11.7. The monoisotopic (exact) mass is 302 g/mol. The second-order valence-corrected chi connectivity index (χ2v) is 4.00. The lowest BCUT2D eigenvalue weighted by Gasteiger charge is -2.08. The number of halogens is 1. The van der Waals surface area contributed by atoms with E-state index in [1.165, 1.54) is 0 Å². The Hall–Kier alpha value is -2.51. The summed E-state index contributed by atoms with van der Waals surface area (Å²) in [5.41, 5.74) is 1.99. The van der Waals surface area contributed by atoms with Crippen molar-refractivity contribution in [3.05, 3.63) is 53.9 Å². The van der Waals surface area contributed by atoms with E-state index >= 15 is 0 Å². The van der Waals surface area contributed by atoms with Gasteiger partial charge in [-0.1, -0.05) is 12.1 Å². The fraction of sp³-hybridized carbons (Fsp3) is 0.125. The molecule has 0 aliphatic rings. The average Bonchev–Trinajstić information content (AvgIpc) is 2.53. The van der Waals surface area contributed by atoms with Gasteiger partial charge < -0.3 is 9.47 Å². The third kappa shape index (κ3) is 3.98. The van der Waals surface area contributed by atoms with E-state index in [4.69, 9.17) is 9.47 Å². The minimum atomic E-state index is 0. The van der Waals surface area contributed by atoms with E-state index in [2.05, 4.69) is 11.1 Å². The Morgan fingerprint density at radius 3 is 2.48 bits per heavy atom. The van der Waals surface area contributed by atoms with Gasteiger partial charge in [0.25, 0.3) is 0 Å². The molecule has 0 atom stereocenters. The molecule has 108 valence electrons. The maximum atomic E-state index is 9.25. The number of pyridine rings is 1. The van der Waals surface area contributed by atoms with Crippen molar-refractivity contribution >= 4 is 24.1 Å². The molecule has 1 aromatic carbocycles. The first-order valence-corrected chi connectivity index (χ1v) is 6.03. The Balaban J connectivity index is 0.00000220. The summed E-state index contributed by atoms with van der Waals surface area (Å²) in [4.78, 5) is 4.18. The van der Waals surface area contributed by atoms with Gasteiger partial charge in [-0.05, 0) is 35.9 Å². The van der Waals surface area contributed by atoms with Crippen LogP contribution < -0.4 is 9.47 Å². The van der Waals surface area contributed by atoms with Crippen molar-refractivity contribution in [1.82, 2.24) is 4.98 Å². The molecule has 0 fully saturated rings. The van der Waals surface area contributed by atoms with Crippen LogP contribution in [-0.2, 0) is 0 Å². The summed E-state index contributed by atoms with van der Waals surface area (Å²) in [6.07, 6.45) is 3.43. The maximum absolute atomic E-state index is 9.25. The van der Waals surface area contributed by atoms with Crippen LogP contribution in [0.1, 0.15) is 11.3 Å². The summed E-state index contributed by atoms with van der Waals surface area (Å²) in [5, 5.41) is 9.25. The number of hydrogen-bond donors (Lipinski definition) is 0. The van der Waals surface area contributed by atoms with Gasteiger partial charge in [0, 0.05) is 6.20 Å². The summed E-state index contributed by atoms with van der Waals surface area (Å²) in [6, 6.07) is 13.1. The maximum Gasteiger partial charge on any atom is 0.161 e. The first-order chi connectivity index (χ1) is 9.78. The van der Waals surface area contributed by atoms with Gasteiger partial charge in [-0.3, -0.25) is 4.98 Å². The number of aromatic nitrogens is 1. The SMILES string of the molecule is COc1ccc(C=C(C#N)c2ccccn2)cc1OC.Cl. The number of methoxy groups -OCH3 is 2. The standard InChI is InChI=1S/C16H14N2O2.ClH/c1-19-15-7-6-12(10-16(15)20-2)9-13(11-17)14-5-3-4-8-18-14;/h3-10H,1-2H3;1H. The van der Waals surface area contributed by atoms with Gasteiger partial charge in [0.15, 0.2) is 11.5 Å². The molecule has 0 unspecified atom stereocenters. The van der Waals surface area contributed by atoms with E-state index in [1.807, 2.05) is 24.3 Å². The van der Waals surface area contributed by atoms with Gasteiger partial charge in [0.2, 0.25) is 0 Å². The van der Waals surface area contributed by atoms with Crippen LogP contribution in [-0.4, -0.2) is 19.2 Å². The normalized spacial score (nSPS) is 10.2. The highest BCUT2D eigenvalue weighted by molar-refractivity contribution is 5.88. The zero-order valence-corrected chi connectivity index (χ0v) is 12.6. The van der Waals surface area contributed by atoms with Crippen molar-refractivity contribution in [2.75, 3.05) is 14.2 Å². The van der Waals surface area contributed by atoms with E-state index in [0.29, 0.717) is 22.8 Å². The van der Waals surface area contributed by atoms with Gasteiger partial charge >= 0.3 is 0 Å². The predicted octanol–water partition coefficient (Wildman–Crippen LogP) is 3.58. The van der Waals surface area contributed by atoms with Gasteiger partial charge in [-0.2, -0.15) is 5.26 Å². The van der Waals surface area contributed by atoms with Crippen LogP contribution in [0.4, 0.5) is 0 Å². The second kappa shape index (κ2) is 7.93. The van der Waals surface area contributed by atoms with Crippen LogP contribution in [0.15, 0.2) is 42.6 Å². The van der Waals surface area contributed by atoms with E-state index in [1.54, 1.807) is 38.6 Å². The van der Waals surface area contributed by atoms with E-state index in [9.17, 15) is 5.26 Å². The predicted molar refractivity (Wildman–Crippen MR) is 84.5 cm³/mol. The molecule has 0 aliphatic carbocycles. The van der Waals surface area contributed by atoms with Crippen LogP contribution in [0.3, 0.4) is 0 Å². The Morgan fingerprint density at radius 1 is 1.14 bits per heavy atom. The molecular weight excluding hydrogens is 288 g/mol. The molecule has 4 nitrogen and oxygen atoms in total. The minimum absolute atomic E-state index is 0. The Bertz CT molecular complexity index is 664. The molecule has 0 spiro atoms. The molecule has 5 heteroatoms. The van der Waals surface area contributed by atoms with Crippen molar-refractivity contribution in [2.24, 2.45) is 0 Å². The molecule has 0 saturated heterocycles. The number of benzene rings is 1. The van der Waals surface area contributed by atoms with E-state index in [-0.39, 0.29) is 12.4 Å². The zero-order chi connectivity index (χ0) is 14.4. The Morgan fingerprint density at radius 2 is 1.90 bits per heavy atom. The lowest BCUT2D eigenvalue weighted by Crippen LogP contribution is -1.91. The van der Waals surface area contributed by atoms with Gasteiger partial charge in [0.05, 0.1) is 25.5 Å². The molecule has 0 radical (unpaired) electrons. The summed E-state index contributed by atoms with van der Waals surface area (Å²) in [7, 11) is 3.16. The molecule has 2 aromatic rings. The van der Waals surface area contributed by atoms with Crippen molar-refractivity contribution in [3.63, 3.8) is 0 Å². The smallest absolute Gasteiger partial charge is 0.161 e. The third-order valence-electron chi connectivity index (χ3n) is 2.78. The molecule has 1 aromatic heterocycles. The summed E-state index contributed by atoms with van der Waals surface area (Å²) in [5.74, 6) is 1.28.